The molecule has 0 saturated heterocycles. The lowest BCUT2D eigenvalue weighted by atomic mass is 10.2. The number of carbonyl (C=O) groups is 1. The molecule has 3 aromatic rings. The molecule has 3 rings (SSSR count). The van der Waals surface area contributed by atoms with Gasteiger partial charge < -0.3 is 5.11 Å². The second-order valence-electron chi connectivity index (χ2n) is 4.18. The highest BCUT2D eigenvalue weighted by Crippen LogP contribution is 2.29. The Morgan fingerprint density at radius 1 is 1.20 bits per heavy atom. The van der Waals surface area contributed by atoms with Crippen LogP contribution in [0.2, 0.25) is 0 Å². The van der Waals surface area contributed by atoms with E-state index in [1.807, 2.05) is 30.5 Å². The number of pyridine rings is 1. The third-order valence-electron chi connectivity index (χ3n) is 3.00. The second kappa shape index (κ2) is 4.97. The van der Waals surface area contributed by atoms with Crippen LogP contribution in [0.1, 0.15) is 10.4 Å². The Labute approximate surface area is 119 Å². The molecule has 100 valence electrons. The predicted molar refractivity (Wildman–Crippen MR) is 77.2 cm³/mol. The van der Waals surface area contributed by atoms with E-state index in [2.05, 4.69) is 10.2 Å². The summed E-state index contributed by atoms with van der Waals surface area (Å²) in [4.78, 5) is 12.2. The van der Waals surface area contributed by atoms with Crippen LogP contribution in [0.3, 0.4) is 0 Å². The first-order valence-electron chi connectivity index (χ1n) is 5.92. The zero-order chi connectivity index (χ0) is 14.1. The molecule has 0 aliphatic carbocycles. The zero-order valence-electron chi connectivity index (χ0n) is 10.6. The fraction of sp³-hybridized carbons (Fsp3) is 0.0714. The summed E-state index contributed by atoms with van der Waals surface area (Å²) < 4.78 is 1.71. The summed E-state index contributed by atoms with van der Waals surface area (Å²) >= 11 is 1.62. The molecule has 2 heterocycles. The number of aromatic carboxylic acids is 1. The number of rotatable bonds is 3. The Morgan fingerprint density at radius 2 is 2.00 bits per heavy atom. The predicted octanol–water partition coefficient (Wildman–Crippen LogP) is 2.82. The molecular weight excluding hydrogens is 274 g/mol. The van der Waals surface area contributed by atoms with Crippen LogP contribution in [0.15, 0.2) is 47.5 Å². The Balaban J connectivity index is 2.26. The molecule has 5 nitrogen and oxygen atoms in total. The molecule has 20 heavy (non-hydrogen) atoms. The van der Waals surface area contributed by atoms with Gasteiger partial charge in [-0.2, -0.15) is 0 Å². The molecule has 0 bridgehead atoms. The van der Waals surface area contributed by atoms with Crippen LogP contribution in [0.5, 0.6) is 0 Å². The molecule has 0 spiro atoms. The minimum absolute atomic E-state index is 0.209. The molecule has 0 amide bonds. The molecule has 0 aliphatic heterocycles. The number of carboxylic acids is 1. The summed E-state index contributed by atoms with van der Waals surface area (Å²) in [6, 6.07) is 11.0. The SMILES string of the molecule is CSc1ccccc1-c1nnc2ccc(C(=O)O)cn12. The first-order valence-corrected chi connectivity index (χ1v) is 7.14. The van der Waals surface area contributed by atoms with E-state index in [1.54, 1.807) is 28.4 Å². The van der Waals surface area contributed by atoms with Crippen LogP contribution >= 0.6 is 11.8 Å². The molecule has 1 aromatic carbocycles. The van der Waals surface area contributed by atoms with Gasteiger partial charge in [0.1, 0.15) is 0 Å². The summed E-state index contributed by atoms with van der Waals surface area (Å²) in [5, 5.41) is 17.3. The maximum Gasteiger partial charge on any atom is 0.337 e. The van der Waals surface area contributed by atoms with E-state index in [4.69, 9.17) is 5.11 Å². The summed E-state index contributed by atoms with van der Waals surface area (Å²) in [5.74, 6) is -0.322. The molecule has 0 unspecified atom stereocenters. The minimum Gasteiger partial charge on any atom is -0.478 e. The molecule has 6 heteroatoms. The number of aromatic nitrogens is 3. The van der Waals surface area contributed by atoms with Gasteiger partial charge in [-0.05, 0) is 24.5 Å². The van der Waals surface area contributed by atoms with Crippen molar-refractivity contribution in [2.75, 3.05) is 6.26 Å². The fourth-order valence-electron chi connectivity index (χ4n) is 2.03. The lowest BCUT2D eigenvalue weighted by Crippen LogP contribution is -1.99. The van der Waals surface area contributed by atoms with Crippen molar-refractivity contribution >= 4 is 23.4 Å². The third kappa shape index (κ3) is 2.04. The molecule has 0 radical (unpaired) electrons. The van der Waals surface area contributed by atoms with Crippen molar-refractivity contribution in [2.24, 2.45) is 0 Å². The normalized spacial score (nSPS) is 10.8. The van der Waals surface area contributed by atoms with Crippen LogP contribution in [0.4, 0.5) is 0 Å². The lowest BCUT2D eigenvalue weighted by Gasteiger charge is -2.05. The highest BCUT2D eigenvalue weighted by molar-refractivity contribution is 7.98. The number of thioether (sulfide) groups is 1. The molecular formula is C14H11N3O2S. The second-order valence-corrected chi connectivity index (χ2v) is 5.02. The number of fused-ring (bicyclic) bond motifs is 1. The smallest absolute Gasteiger partial charge is 0.337 e. The van der Waals surface area contributed by atoms with E-state index < -0.39 is 5.97 Å². The van der Waals surface area contributed by atoms with Crippen molar-refractivity contribution in [3.05, 3.63) is 48.2 Å². The summed E-state index contributed by atoms with van der Waals surface area (Å²) in [6.07, 6.45) is 3.54. The van der Waals surface area contributed by atoms with Gasteiger partial charge in [-0.15, -0.1) is 22.0 Å². The Kier molecular flexibility index (Phi) is 3.15. The summed E-state index contributed by atoms with van der Waals surface area (Å²) in [5.41, 5.74) is 1.77. The minimum atomic E-state index is -0.968. The topological polar surface area (TPSA) is 67.5 Å². The van der Waals surface area contributed by atoms with Gasteiger partial charge in [-0.1, -0.05) is 18.2 Å². The lowest BCUT2D eigenvalue weighted by molar-refractivity contribution is 0.0696. The van der Waals surface area contributed by atoms with E-state index in [0.717, 1.165) is 10.5 Å². The van der Waals surface area contributed by atoms with Crippen LogP contribution in [0.25, 0.3) is 17.0 Å². The van der Waals surface area contributed by atoms with Crippen molar-refractivity contribution in [1.29, 1.82) is 0 Å². The van der Waals surface area contributed by atoms with Gasteiger partial charge in [0, 0.05) is 16.7 Å². The average molecular weight is 285 g/mol. The molecule has 0 atom stereocenters. The molecule has 0 fully saturated rings. The first kappa shape index (κ1) is 12.7. The van der Waals surface area contributed by atoms with Gasteiger partial charge in [0.25, 0.3) is 0 Å². The van der Waals surface area contributed by atoms with Gasteiger partial charge in [0.15, 0.2) is 11.5 Å². The van der Waals surface area contributed by atoms with Crippen molar-refractivity contribution in [1.82, 2.24) is 14.6 Å². The fourth-order valence-corrected chi connectivity index (χ4v) is 2.62. The van der Waals surface area contributed by atoms with Crippen molar-refractivity contribution in [2.45, 2.75) is 4.90 Å². The molecule has 0 saturated carbocycles. The van der Waals surface area contributed by atoms with E-state index in [-0.39, 0.29) is 5.56 Å². The van der Waals surface area contributed by atoms with E-state index in [1.165, 1.54) is 6.07 Å². The van der Waals surface area contributed by atoms with Crippen molar-refractivity contribution in [3.8, 4) is 11.4 Å². The monoisotopic (exact) mass is 285 g/mol. The van der Waals surface area contributed by atoms with E-state index in [0.29, 0.717) is 11.5 Å². The Hall–Kier alpha value is -2.34. The average Bonchev–Trinajstić information content (AvgIpc) is 2.89. The molecule has 1 N–H and O–H groups in total. The standard InChI is InChI=1S/C14H11N3O2S/c1-20-11-5-3-2-4-10(11)13-16-15-12-7-6-9(14(18)19)8-17(12)13/h2-8H,1H3,(H,18,19). The van der Waals surface area contributed by atoms with Gasteiger partial charge in [-0.3, -0.25) is 4.40 Å². The van der Waals surface area contributed by atoms with Crippen LogP contribution in [-0.4, -0.2) is 31.9 Å². The van der Waals surface area contributed by atoms with E-state index in [9.17, 15) is 4.79 Å². The Bertz CT molecular complexity index is 798. The maximum atomic E-state index is 11.1. The molecule has 2 aromatic heterocycles. The van der Waals surface area contributed by atoms with Crippen molar-refractivity contribution in [3.63, 3.8) is 0 Å². The number of hydrogen-bond donors (Lipinski definition) is 1. The zero-order valence-corrected chi connectivity index (χ0v) is 11.5. The highest BCUT2D eigenvalue weighted by Gasteiger charge is 2.13. The maximum absolute atomic E-state index is 11.1. The quantitative estimate of drug-likeness (QED) is 0.749. The summed E-state index contributed by atoms with van der Waals surface area (Å²) in [6.45, 7) is 0. The number of benzene rings is 1. The highest BCUT2D eigenvalue weighted by atomic mass is 32.2. The molecule has 0 aliphatic rings. The van der Waals surface area contributed by atoms with Gasteiger partial charge in [0.2, 0.25) is 0 Å². The van der Waals surface area contributed by atoms with E-state index >= 15 is 0 Å². The van der Waals surface area contributed by atoms with Gasteiger partial charge >= 0.3 is 5.97 Å². The van der Waals surface area contributed by atoms with Gasteiger partial charge in [-0.25, -0.2) is 4.79 Å². The third-order valence-corrected chi connectivity index (χ3v) is 3.79. The van der Waals surface area contributed by atoms with Crippen LogP contribution in [0, 0.1) is 0 Å². The van der Waals surface area contributed by atoms with Crippen LogP contribution in [-0.2, 0) is 0 Å². The first-order chi connectivity index (χ1) is 9.70. The number of carboxylic acid groups (broad SMARTS) is 1. The number of nitrogens with zero attached hydrogens (tertiary/aromatic N) is 3. The van der Waals surface area contributed by atoms with Crippen LogP contribution < -0.4 is 0 Å². The number of hydrogen-bond acceptors (Lipinski definition) is 4. The largest absolute Gasteiger partial charge is 0.478 e. The van der Waals surface area contributed by atoms with Gasteiger partial charge in [0.05, 0.1) is 5.56 Å². The Morgan fingerprint density at radius 3 is 2.75 bits per heavy atom. The van der Waals surface area contributed by atoms with Crippen molar-refractivity contribution < 1.29 is 9.90 Å². The summed E-state index contributed by atoms with van der Waals surface area (Å²) in [7, 11) is 0.